The van der Waals surface area contributed by atoms with Gasteiger partial charge >= 0.3 is 0 Å². The molecular formula is C21H25N9OS. The van der Waals surface area contributed by atoms with Gasteiger partial charge in [0.15, 0.2) is 11.5 Å². The van der Waals surface area contributed by atoms with Crippen molar-refractivity contribution in [2.75, 3.05) is 35.2 Å². The SMILES string of the molecule is Nc1nc(N2CCC3(CC2)Cc2scnc2[C@H]3N)cnc1C(=O)N1CCCn2nccc21. The lowest BCUT2D eigenvalue weighted by molar-refractivity contribution is 0.0977. The predicted molar refractivity (Wildman–Crippen MR) is 122 cm³/mol. The van der Waals surface area contributed by atoms with Gasteiger partial charge in [-0.15, -0.1) is 11.3 Å². The molecule has 0 aromatic carbocycles. The summed E-state index contributed by atoms with van der Waals surface area (Å²) in [7, 11) is 0. The summed E-state index contributed by atoms with van der Waals surface area (Å²) in [6.45, 7) is 3.07. The lowest BCUT2D eigenvalue weighted by Gasteiger charge is -2.42. The topological polar surface area (TPSA) is 132 Å². The predicted octanol–water partition coefficient (Wildman–Crippen LogP) is 1.60. The third kappa shape index (κ3) is 2.91. The molecule has 6 rings (SSSR count). The van der Waals surface area contributed by atoms with Gasteiger partial charge in [-0.25, -0.2) is 19.6 Å². The van der Waals surface area contributed by atoms with E-state index in [-0.39, 0.29) is 28.9 Å². The highest BCUT2D eigenvalue weighted by Gasteiger charge is 2.47. The van der Waals surface area contributed by atoms with Crippen LogP contribution in [0.15, 0.2) is 24.0 Å². The highest BCUT2D eigenvalue weighted by atomic mass is 32.1. The Hall–Kier alpha value is -3.05. The van der Waals surface area contributed by atoms with Crippen LogP contribution >= 0.6 is 11.3 Å². The van der Waals surface area contributed by atoms with Crippen LogP contribution in [0.2, 0.25) is 0 Å². The molecule has 32 heavy (non-hydrogen) atoms. The molecule has 3 aliphatic rings. The molecule has 2 aliphatic heterocycles. The van der Waals surface area contributed by atoms with Gasteiger partial charge in [-0.05, 0) is 31.1 Å². The number of piperidine rings is 1. The fraction of sp³-hybridized carbons (Fsp3) is 0.476. The minimum Gasteiger partial charge on any atom is -0.382 e. The van der Waals surface area contributed by atoms with Gasteiger partial charge in [0.25, 0.3) is 5.91 Å². The third-order valence-corrected chi connectivity index (χ3v) is 8.03. The molecule has 1 spiro atoms. The molecule has 3 aromatic heterocycles. The Morgan fingerprint density at radius 2 is 2.03 bits per heavy atom. The Labute approximate surface area is 189 Å². The van der Waals surface area contributed by atoms with Gasteiger partial charge in [0, 0.05) is 37.1 Å². The van der Waals surface area contributed by atoms with Crippen molar-refractivity contribution in [2.24, 2.45) is 11.1 Å². The zero-order valence-corrected chi connectivity index (χ0v) is 18.5. The summed E-state index contributed by atoms with van der Waals surface area (Å²) < 4.78 is 1.82. The average molecular weight is 452 g/mol. The summed E-state index contributed by atoms with van der Waals surface area (Å²) in [5, 5.41) is 4.26. The van der Waals surface area contributed by atoms with E-state index in [4.69, 9.17) is 11.5 Å². The van der Waals surface area contributed by atoms with Gasteiger partial charge in [0.05, 0.1) is 29.6 Å². The van der Waals surface area contributed by atoms with E-state index in [1.807, 2.05) is 16.3 Å². The van der Waals surface area contributed by atoms with Gasteiger partial charge in [0.1, 0.15) is 11.6 Å². The molecule has 1 aliphatic carbocycles. The van der Waals surface area contributed by atoms with Crippen LogP contribution < -0.4 is 21.3 Å². The quantitative estimate of drug-likeness (QED) is 0.600. The molecule has 1 amide bonds. The Kier molecular flexibility index (Phi) is 4.44. The lowest BCUT2D eigenvalue weighted by Crippen LogP contribution is -2.45. The molecule has 0 unspecified atom stereocenters. The first-order valence-electron chi connectivity index (χ1n) is 10.9. The van der Waals surface area contributed by atoms with E-state index in [0.717, 1.165) is 56.8 Å². The number of aromatic nitrogens is 5. The molecule has 1 saturated heterocycles. The number of carbonyl (C=O) groups excluding carboxylic acids is 1. The van der Waals surface area contributed by atoms with Gasteiger partial charge in [-0.1, -0.05) is 0 Å². The van der Waals surface area contributed by atoms with Crippen LogP contribution in [0.3, 0.4) is 0 Å². The Bertz CT molecular complexity index is 1180. The van der Waals surface area contributed by atoms with Crippen LogP contribution in [0.25, 0.3) is 0 Å². The molecule has 5 heterocycles. The number of rotatable bonds is 2. The average Bonchev–Trinajstić information content (AvgIpc) is 3.52. The van der Waals surface area contributed by atoms with Crippen molar-refractivity contribution < 1.29 is 4.79 Å². The van der Waals surface area contributed by atoms with E-state index >= 15 is 0 Å². The number of amides is 1. The first-order chi connectivity index (χ1) is 15.6. The second-order valence-electron chi connectivity index (χ2n) is 8.85. The second-order valence-corrected chi connectivity index (χ2v) is 9.79. The Balaban J connectivity index is 1.18. The Morgan fingerprint density at radius 1 is 1.19 bits per heavy atom. The van der Waals surface area contributed by atoms with Crippen LogP contribution in [-0.2, 0) is 13.0 Å². The van der Waals surface area contributed by atoms with E-state index in [9.17, 15) is 4.79 Å². The maximum atomic E-state index is 13.1. The van der Waals surface area contributed by atoms with Crippen LogP contribution in [-0.4, -0.2) is 50.3 Å². The number of anilines is 3. The van der Waals surface area contributed by atoms with Gasteiger partial charge in [-0.2, -0.15) is 5.10 Å². The van der Waals surface area contributed by atoms with Crippen LogP contribution in [0.5, 0.6) is 0 Å². The highest BCUT2D eigenvalue weighted by molar-refractivity contribution is 7.09. The number of nitrogens with two attached hydrogens (primary N) is 2. The molecule has 10 nitrogen and oxygen atoms in total. The first kappa shape index (κ1) is 19.6. The molecule has 11 heteroatoms. The van der Waals surface area contributed by atoms with E-state index < -0.39 is 0 Å². The van der Waals surface area contributed by atoms with E-state index in [1.165, 1.54) is 4.88 Å². The van der Waals surface area contributed by atoms with E-state index in [0.29, 0.717) is 12.4 Å². The standard InChI is InChI=1S/C21H25N9OS/c22-18-16-13(32-12-25-16)10-21(18)3-8-28(9-4-21)14-11-24-17(19(23)27-14)20(31)29-6-1-7-30-15(29)2-5-26-30/h2,5,11-12,18H,1,3-4,6-10,22H2,(H2,23,27)/t18-/m1/s1. The summed E-state index contributed by atoms with van der Waals surface area (Å²) in [5.74, 6) is 1.39. The van der Waals surface area contributed by atoms with Crippen molar-refractivity contribution >= 4 is 34.7 Å². The van der Waals surface area contributed by atoms with E-state index in [2.05, 4.69) is 25.0 Å². The van der Waals surface area contributed by atoms with Crippen molar-refractivity contribution in [1.82, 2.24) is 24.7 Å². The molecule has 1 fully saturated rings. The fourth-order valence-electron chi connectivity index (χ4n) is 5.32. The number of carbonyl (C=O) groups is 1. The van der Waals surface area contributed by atoms with Gasteiger partial charge in [-0.3, -0.25) is 9.69 Å². The molecule has 0 radical (unpaired) electrons. The first-order valence-corrected chi connectivity index (χ1v) is 11.8. The number of aryl methyl sites for hydroxylation is 1. The number of thiazole rings is 1. The number of nitrogen functional groups attached to an aromatic ring is 1. The van der Waals surface area contributed by atoms with Gasteiger partial charge < -0.3 is 16.4 Å². The third-order valence-electron chi connectivity index (χ3n) is 7.18. The molecule has 166 valence electrons. The fourth-order valence-corrected chi connectivity index (χ4v) is 6.28. The maximum Gasteiger partial charge on any atom is 0.281 e. The monoisotopic (exact) mass is 451 g/mol. The number of hydrogen-bond donors (Lipinski definition) is 2. The van der Waals surface area contributed by atoms with Crippen molar-refractivity contribution in [3.63, 3.8) is 0 Å². The van der Waals surface area contributed by atoms with Crippen molar-refractivity contribution in [1.29, 1.82) is 0 Å². The highest BCUT2D eigenvalue weighted by Crippen LogP contribution is 2.51. The summed E-state index contributed by atoms with van der Waals surface area (Å²) in [6.07, 6.45) is 7.15. The molecule has 0 bridgehead atoms. The molecular weight excluding hydrogens is 426 g/mol. The molecule has 3 aromatic rings. The summed E-state index contributed by atoms with van der Waals surface area (Å²) in [6, 6.07) is 1.83. The summed E-state index contributed by atoms with van der Waals surface area (Å²) in [5.41, 5.74) is 16.0. The number of nitrogens with zero attached hydrogens (tertiary/aromatic N) is 7. The lowest BCUT2D eigenvalue weighted by atomic mass is 9.73. The molecule has 1 atom stereocenters. The van der Waals surface area contributed by atoms with Crippen molar-refractivity contribution in [3.8, 4) is 0 Å². The van der Waals surface area contributed by atoms with Crippen molar-refractivity contribution in [3.05, 3.63) is 40.2 Å². The zero-order valence-electron chi connectivity index (χ0n) is 17.6. The maximum absolute atomic E-state index is 13.1. The Morgan fingerprint density at radius 3 is 2.81 bits per heavy atom. The van der Waals surface area contributed by atoms with Gasteiger partial charge in [0.2, 0.25) is 0 Å². The van der Waals surface area contributed by atoms with Crippen molar-refractivity contribution in [2.45, 2.75) is 38.3 Å². The normalized spacial score (nSPS) is 21.6. The minimum absolute atomic E-state index is 0.0000289. The second kappa shape index (κ2) is 7.24. The minimum atomic E-state index is -0.240. The number of hydrogen-bond acceptors (Lipinski definition) is 9. The van der Waals surface area contributed by atoms with Crippen LogP contribution in [0, 0.1) is 5.41 Å². The molecule has 0 saturated carbocycles. The molecule has 4 N–H and O–H groups in total. The zero-order chi connectivity index (χ0) is 21.9. The van der Waals surface area contributed by atoms with Crippen LogP contribution in [0.1, 0.15) is 46.4 Å². The van der Waals surface area contributed by atoms with E-state index in [1.54, 1.807) is 28.6 Å². The summed E-state index contributed by atoms with van der Waals surface area (Å²) in [4.78, 5) is 31.8. The van der Waals surface area contributed by atoms with Crippen LogP contribution in [0.4, 0.5) is 17.5 Å². The largest absolute Gasteiger partial charge is 0.382 e. The number of fused-ring (bicyclic) bond motifs is 2. The summed E-state index contributed by atoms with van der Waals surface area (Å²) >= 11 is 1.71. The smallest absolute Gasteiger partial charge is 0.281 e.